The molecule has 0 atom stereocenters. The summed E-state index contributed by atoms with van der Waals surface area (Å²) >= 11 is 0. The fraction of sp³-hybridized carbons (Fsp3) is 1.00. The van der Waals surface area contributed by atoms with Gasteiger partial charge in [0.1, 0.15) is 0 Å². The normalized spacial score (nSPS) is 11.0. The first-order valence-corrected chi connectivity index (χ1v) is 5.05. The van der Waals surface area contributed by atoms with E-state index in [1.165, 1.54) is 25.7 Å². The third-order valence-corrected chi connectivity index (χ3v) is 1.83. The van der Waals surface area contributed by atoms with Crippen molar-refractivity contribution < 1.29 is 4.74 Å². The number of rotatable bonds is 8. The van der Waals surface area contributed by atoms with Crippen molar-refractivity contribution in [1.82, 2.24) is 0 Å². The van der Waals surface area contributed by atoms with E-state index in [2.05, 4.69) is 13.8 Å². The molecule has 0 bridgehead atoms. The van der Waals surface area contributed by atoms with Crippen LogP contribution >= 0.6 is 0 Å². The van der Waals surface area contributed by atoms with Crippen LogP contribution in [0.3, 0.4) is 0 Å². The molecular weight excluding hydrogens is 150 g/mol. The van der Waals surface area contributed by atoms with Crippen LogP contribution in [0, 0.1) is 5.92 Å². The van der Waals surface area contributed by atoms with Crippen LogP contribution in [-0.2, 0) is 4.74 Å². The molecule has 0 saturated heterocycles. The van der Waals surface area contributed by atoms with E-state index in [9.17, 15) is 0 Å². The van der Waals surface area contributed by atoms with Crippen LogP contribution in [0.4, 0.5) is 0 Å². The largest absolute Gasteiger partial charge is 0.380 e. The molecule has 0 aliphatic heterocycles. The molecule has 0 aliphatic rings. The monoisotopic (exact) mass is 173 g/mol. The molecule has 12 heavy (non-hydrogen) atoms. The van der Waals surface area contributed by atoms with Crippen molar-refractivity contribution in [2.45, 2.75) is 39.5 Å². The third kappa shape index (κ3) is 9.92. The second-order valence-electron chi connectivity index (χ2n) is 3.64. The summed E-state index contributed by atoms with van der Waals surface area (Å²) in [6.45, 7) is 6.78. The molecule has 0 spiro atoms. The Morgan fingerprint density at radius 1 is 1.08 bits per heavy atom. The fourth-order valence-electron chi connectivity index (χ4n) is 1.12. The maximum absolute atomic E-state index is 5.28. The minimum absolute atomic E-state index is 0.645. The summed E-state index contributed by atoms with van der Waals surface area (Å²) in [6, 6.07) is 0. The Balaban J connectivity index is 2.82. The molecule has 0 aromatic heterocycles. The number of hydrogen-bond acceptors (Lipinski definition) is 2. The van der Waals surface area contributed by atoms with Gasteiger partial charge in [0.05, 0.1) is 6.61 Å². The Labute approximate surface area is 76.5 Å². The summed E-state index contributed by atoms with van der Waals surface area (Å²) in [5, 5.41) is 0. The van der Waals surface area contributed by atoms with Gasteiger partial charge in [-0.3, -0.25) is 0 Å². The molecule has 2 N–H and O–H groups in total. The highest BCUT2D eigenvalue weighted by atomic mass is 16.5. The smallest absolute Gasteiger partial charge is 0.0588 e. The highest BCUT2D eigenvalue weighted by molar-refractivity contribution is 4.46. The van der Waals surface area contributed by atoms with E-state index in [4.69, 9.17) is 10.5 Å². The first-order chi connectivity index (χ1) is 5.77. The van der Waals surface area contributed by atoms with Crippen molar-refractivity contribution in [3.8, 4) is 0 Å². The average Bonchev–Trinajstić information content (AvgIpc) is 2.02. The van der Waals surface area contributed by atoms with Gasteiger partial charge < -0.3 is 10.5 Å². The van der Waals surface area contributed by atoms with E-state index >= 15 is 0 Å². The van der Waals surface area contributed by atoms with E-state index in [1.54, 1.807) is 0 Å². The molecule has 0 fully saturated rings. The van der Waals surface area contributed by atoms with Gasteiger partial charge in [-0.05, 0) is 12.3 Å². The van der Waals surface area contributed by atoms with Gasteiger partial charge in [0.15, 0.2) is 0 Å². The Morgan fingerprint density at radius 2 is 1.83 bits per heavy atom. The van der Waals surface area contributed by atoms with Gasteiger partial charge in [0, 0.05) is 13.2 Å². The van der Waals surface area contributed by atoms with E-state index in [-0.39, 0.29) is 0 Å². The van der Waals surface area contributed by atoms with Gasteiger partial charge in [0.2, 0.25) is 0 Å². The van der Waals surface area contributed by atoms with E-state index < -0.39 is 0 Å². The highest BCUT2D eigenvalue weighted by Crippen LogP contribution is 2.07. The number of unbranched alkanes of at least 4 members (excludes halogenated alkanes) is 2. The molecule has 0 saturated carbocycles. The van der Waals surface area contributed by atoms with Crippen LogP contribution in [0.5, 0.6) is 0 Å². The summed E-state index contributed by atoms with van der Waals surface area (Å²) in [5.74, 6) is 0.843. The maximum Gasteiger partial charge on any atom is 0.0588 e. The van der Waals surface area contributed by atoms with Crippen LogP contribution in [-0.4, -0.2) is 19.8 Å². The van der Waals surface area contributed by atoms with Crippen molar-refractivity contribution in [2.75, 3.05) is 19.8 Å². The zero-order valence-electron chi connectivity index (χ0n) is 8.51. The molecule has 0 amide bonds. The zero-order valence-corrected chi connectivity index (χ0v) is 8.51. The lowest BCUT2D eigenvalue weighted by Gasteiger charge is -2.04. The summed E-state index contributed by atoms with van der Waals surface area (Å²) in [4.78, 5) is 0. The van der Waals surface area contributed by atoms with Gasteiger partial charge in [-0.15, -0.1) is 0 Å². The van der Waals surface area contributed by atoms with Crippen molar-refractivity contribution in [1.29, 1.82) is 0 Å². The molecule has 0 aromatic rings. The van der Waals surface area contributed by atoms with Gasteiger partial charge in [-0.2, -0.15) is 0 Å². The molecular formula is C10H23NO. The summed E-state index contributed by atoms with van der Waals surface area (Å²) in [7, 11) is 0. The topological polar surface area (TPSA) is 35.2 Å². The Kier molecular flexibility index (Phi) is 8.95. The van der Waals surface area contributed by atoms with E-state index in [0.29, 0.717) is 13.2 Å². The SMILES string of the molecule is CC(C)CCCCCOCCN. The second-order valence-corrected chi connectivity index (χ2v) is 3.64. The zero-order chi connectivity index (χ0) is 9.23. The van der Waals surface area contributed by atoms with Crippen LogP contribution in [0.2, 0.25) is 0 Å². The van der Waals surface area contributed by atoms with Gasteiger partial charge >= 0.3 is 0 Å². The minimum atomic E-state index is 0.645. The van der Waals surface area contributed by atoms with Crippen molar-refractivity contribution in [3.63, 3.8) is 0 Å². The predicted molar refractivity (Wildman–Crippen MR) is 53.2 cm³/mol. The lowest BCUT2D eigenvalue weighted by molar-refractivity contribution is 0.137. The molecule has 74 valence electrons. The lowest BCUT2D eigenvalue weighted by Crippen LogP contribution is -2.08. The van der Waals surface area contributed by atoms with E-state index in [0.717, 1.165) is 12.5 Å². The molecule has 0 aromatic carbocycles. The minimum Gasteiger partial charge on any atom is -0.380 e. The van der Waals surface area contributed by atoms with Crippen LogP contribution in [0.1, 0.15) is 39.5 Å². The molecule has 0 aliphatic carbocycles. The molecule has 0 radical (unpaired) electrons. The molecule has 2 heteroatoms. The molecule has 2 nitrogen and oxygen atoms in total. The first-order valence-electron chi connectivity index (χ1n) is 5.05. The summed E-state index contributed by atoms with van der Waals surface area (Å²) in [5.41, 5.74) is 5.28. The summed E-state index contributed by atoms with van der Waals surface area (Å²) < 4.78 is 5.26. The average molecular weight is 173 g/mol. The standard InChI is InChI=1S/C10H23NO/c1-10(2)6-4-3-5-8-12-9-7-11/h10H,3-9,11H2,1-2H3. The predicted octanol–water partition coefficient (Wildman–Crippen LogP) is 2.18. The van der Waals surface area contributed by atoms with Crippen LogP contribution in [0.25, 0.3) is 0 Å². The highest BCUT2D eigenvalue weighted by Gasteiger charge is 1.93. The van der Waals surface area contributed by atoms with E-state index in [1.807, 2.05) is 0 Å². The van der Waals surface area contributed by atoms with Crippen molar-refractivity contribution >= 4 is 0 Å². The first kappa shape index (κ1) is 11.9. The van der Waals surface area contributed by atoms with Gasteiger partial charge in [0.25, 0.3) is 0 Å². The van der Waals surface area contributed by atoms with Crippen LogP contribution in [0.15, 0.2) is 0 Å². The Hall–Kier alpha value is -0.0800. The fourth-order valence-corrected chi connectivity index (χ4v) is 1.12. The third-order valence-electron chi connectivity index (χ3n) is 1.83. The Bertz CT molecular complexity index is 83.9. The Morgan fingerprint density at radius 3 is 2.42 bits per heavy atom. The maximum atomic E-state index is 5.28. The molecule has 0 unspecified atom stereocenters. The number of ether oxygens (including phenoxy) is 1. The lowest BCUT2D eigenvalue weighted by atomic mass is 10.1. The van der Waals surface area contributed by atoms with Crippen LogP contribution < -0.4 is 5.73 Å². The van der Waals surface area contributed by atoms with Gasteiger partial charge in [-0.1, -0.05) is 33.1 Å². The second kappa shape index (κ2) is 9.01. The molecule has 0 heterocycles. The quantitative estimate of drug-likeness (QED) is 0.571. The molecule has 0 rings (SSSR count). The number of nitrogens with two attached hydrogens (primary N) is 1. The number of hydrogen-bond donors (Lipinski definition) is 1. The summed E-state index contributed by atoms with van der Waals surface area (Å²) in [6.07, 6.45) is 5.16. The van der Waals surface area contributed by atoms with Crippen molar-refractivity contribution in [3.05, 3.63) is 0 Å². The van der Waals surface area contributed by atoms with Gasteiger partial charge in [-0.25, -0.2) is 0 Å². The van der Waals surface area contributed by atoms with Crippen molar-refractivity contribution in [2.24, 2.45) is 11.7 Å².